The van der Waals surface area contributed by atoms with E-state index in [9.17, 15) is 4.79 Å². The maximum absolute atomic E-state index is 15.0. The van der Waals surface area contributed by atoms with Gasteiger partial charge in [0.25, 0.3) is 0 Å². The fourth-order valence-electron chi connectivity index (χ4n) is 4.05. The molecule has 0 aliphatic carbocycles. The summed E-state index contributed by atoms with van der Waals surface area (Å²) in [5, 5.41) is 11.0. The van der Waals surface area contributed by atoms with Crippen molar-refractivity contribution in [3.63, 3.8) is 0 Å². The van der Waals surface area contributed by atoms with E-state index in [0.29, 0.717) is 61.2 Å². The average Bonchev–Trinajstić information content (AvgIpc) is 3.60. The van der Waals surface area contributed by atoms with Gasteiger partial charge in [0.05, 0.1) is 24.5 Å². The SMILES string of the molecule is O=C(COCc1ccccn1)N1CCN(c2c(F)cccc2-c2cc(CNc3ccon3)on2)CC1. The van der Waals surface area contributed by atoms with Crippen LogP contribution in [0.25, 0.3) is 11.3 Å². The van der Waals surface area contributed by atoms with Crippen LogP contribution in [-0.2, 0) is 22.7 Å². The largest absolute Gasteiger partial charge is 0.365 e. The third kappa shape index (κ3) is 5.52. The number of pyridine rings is 1. The highest BCUT2D eigenvalue weighted by Crippen LogP contribution is 2.33. The van der Waals surface area contributed by atoms with Gasteiger partial charge in [0.1, 0.15) is 24.4 Å². The van der Waals surface area contributed by atoms with E-state index in [-0.39, 0.29) is 24.9 Å². The Morgan fingerprint density at radius 1 is 1.08 bits per heavy atom. The van der Waals surface area contributed by atoms with Gasteiger partial charge in [-0.1, -0.05) is 28.5 Å². The van der Waals surface area contributed by atoms with Gasteiger partial charge in [0.2, 0.25) is 5.91 Å². The molecule has 1 aliphatic rings. The summed E-state index contributed by atoms with van der Waals surface area (Å²) in [6, 6.07) is 13.9. The van der Waals surface area contributed by atoms with E-state index in [0.717, 1.165) is 5.69 Å². The Morgan fingerprint density at radius 2 is 1.97 bits per heavy atom. The van der Waals surface area contributed by atoms with Crippen molar-refractivity contribution in [2.45, 2.75) is 13.2 Å². The zero-order chi connectivity index (χ0) is 24.7. The molecule has 4 aromatic rings. The number of benzene rings is 1. The standard InChI is InChI=1S/C25H25FN6O4/c26-21-6-3-5-20(22-14-19(36-29-22)15-28-23-7-13-35-30-23)25(21)32-11-9-31(10-12-32)24(33)17-34-16-18-4-1-2-8-27-18/h1-8,13-14H,9-12,15-17H2,(H,28,30). The molecule has 5 rings (SSSR count). The predicted molar refractivity (Wildman–Crippen MR) is 128 cm³/mol. The number of rotatable bonds is 9. The summed E-state index contributed by atoms with van der Waals surface area (Å²) in [5.74, 6) is 0.703. The molecule has 4 heterocycles. The Labute approximate surface area is 206 Å². The minimum atomic E-state index is -0.351. The van der Waals surface area contributed by atoms with Crippen molar-refractivity contribution < 1.29 is 23.0 Å². The lowest BCUT2D eigenvalue weighted by atomic mass is 10.1. The number of piperazine rings is 1. The average molecular weight is 493 g/mol. The molecule has 0 saturated carbocycles. The van der Waals surface area contributed by atoms with Crippen LogP contribution in [0.1, 0.15) is 11.5 Å². The van der Waals surface area contributed by atoms with Gasteiger partial charge < -0.3 is 28.9 Å². The second kappa shape index (κ2) is 11.0. The molecule has 186 valence electrons. The van der Waals surface area contributed by atoms with E-state index >= 15 is 4.39 Å². The van der Waals surface area contributed by atoms with Crippen molar-refractivity contribution in [3.8, 4) is 11.3 Å². The molecule has 0 spiro atoms. The van der Waals surface area contributed by atoms with Crippen LogP contribution in [0.2, 0.25) is 0 Å². The van der Waals surface area contributed by atoms with Crippen LogP contribution >= 0.6 is 0 Å². The first-order chi connectivity index (χ1) is 17.7. The van der Waals surface area contributed by atoms with Gasteiger partial charge in [0.15, 0.2) is 11.6 Å². The first-order valence-corrected chi connectivity index (χ1v) is 11.6. The van der Waals surface area contributed by atoms with E-state index < -0.39 is 0 Å². The van der Waals surface area contributed by atoms with Crippen LogP contribution < -0.4 is 10.2 Å². The number of amides is 1. The van der Waals surface area contributed by atoms with Gasteiger partial charge >= 0.3 is 0 Å². The number of ether oxygens (including phenoxy) is 1. The second-order valence-corrected chi connectivity index (χ2v) is 8.23. The number of hydrogen-bond donors (Lipinski definition) is 1. The third-order valence-corrected chi connectivity index (χ3v) is 5.85. The number of hydrogen-bond acceptors (Lipinski definition) is 9. The molecule has 0 bridgehead atoms. The van der Waals surface area contributed by atoms with Crippen LogP contribution in [0, 0.1) is 5.82 Å². The van der Waals surface area contributed by atoms with Gasteiger partial charge in [-0.15, -0.1) is 0 Å². The molecule has 1 amide bonds. The number of halogens is 1. The monoisotopic (exact) mass is 492 g/mol. The Morgan fingerprint density at radius 3 is 2.75 bits per heavy atom. The number of carbonyl (C=O) groups excluding carboxylic acids is 1. The van der Waals surface area contributed by atoms with Gasteiger partial charge in [0, 0.05) is 50.1 Å². The molecule has 1 aliphatic heterocycles. The normalized spacial score (nSPS) is 13.7. The van der Waals surface area contributed by atoms with E-state index in [1.54, 1.807) is 29.3 Å². The van der Waals surface area contributed by atoms with Gasteiger partial charge in [-0.25, -0.2) is 4.39 Å². The summed E-state index contributed by atoms with van der Waals surface area (Å²) in [4.78, 5) is 20.4. The maximum atomic E-state index is 15.0. The number of anilines is 2. The molecule has 0 radical (unpaired) electrons. The second-order valence-electron chi connectivity index (χ2n) is 8.23. The first kappa shape index (κ1) is 23.5. The molecule has 0 unspecified atom stereocenters. The van der Waals surface area contributed by atoms with Crippen molar-refractivity contribution in [1.29, 1.82) is 0 Å². The zero-order valence-electron chi connectivity index (χ0n) is 19.5. The first-order valence-electron chi connectivity index (χ1n) is 11.6. The van der Waals surface area contributed by atoms with E-state index in [1.165, 1.54) is 12.3 Å². The van der Waals surface area contributed by atoms with E-state index in [1.807, 2.05) is 29.2 Å². The minimum Gasteiger partial charge on any atom is -0.365 e. The Hall–Kier alpha value is -4.25. The summed E-state index contributed by atoms with van der Waals surface area (Å²) in [6.07, 6.45) is 3.15. The van der Waals surface area contributed by atoms with Crippen LogP contribution in [0.15, 0.2) is 70.0 Å². The highest BCUT2D eigenvalue weighted by atomic mass is 19.1. The summed E-state index contributed by atoms with van der Waals surface area (Å²) >= 11 is 0. The molecule has 1 N–H and O–H groups in total. The summed E-state index contributed by atoms with van der Waals surface area (Å²) in [7, 11) is 0. The molecule has 1 saturated heterocycles. The number of nitrogens with one attached hydrogen (secondary N) is 1. The topological polar surface area (TPSA) is 110 Å². The molecule has 1 aromatic carbocycles. The lowest BCUT2D eigenvalue weighted by molar-refractivity contribution is -0.136. The van der Waals surface area contributed by atoms with Gasteiger partial charge in [-0.05, 0) is 18.2 Å². The zero-order valence-corrected chi connectivity index (χ0v) is 19.5. The Bertz CT molecular complexity index is 1270. The highest BCUT2D eigenvalue weighted by molar-refractivity contribution is 5.79. The van der Waals surface area contributed by atoms with Crippen molar-refractivity contribution in [2.24, 2.45) is 0 Å². The predicted octanol–water partition coefficient (Wildman–Crippen LogP) is 3.34. The van der Waals surface area contributed by atoms with Crippen LogP contribution in [0.4, 0.5) is 15.9 Å². The number of nitrogens with zero attached hydrogens (tertiary/aromatic N) is 5. The molecule has 1 fully saturated rings. The maximum Gasteiger partial charge on any atom is 0.248 e. The number of aromatic nitrogens is 3. The lowest BCUT2D eigenvalue weighted by Crippen LogP contribution is -2.50. The van der Waals surface area contributed by atoms with Gasteiger partial charge in [-0.2, -0.15) is 0 Å². The Balaban J connectivity index is 1.19. The van der Waals surface area contributed by atoms with Gasteiger partial charge in [-0.3, -0.25) is 9.78 Å². The summed E-state index contributed by atoms with van der Waals surface area (Å²) in [5.41, 5.74) is 2.38. The Kier molecular flexibility index (Phi) is 7.17. The summed E-state index contributed by atoms with van der Waals surface area (Å²) in [6.45, 7) is 2.51. The third-order valence-electron chi connectivity index (χ3n) is 5.85. The number of para-hydroxylation sites is 1. The molecule has 10 nitrogen and oxygen atoms in total. The summed E-state index contributed by atoms with van der Waals surface area (Å²) < 4.78 is 30.8. The van der Waals surface area contributed by atoms with E-state index in [4.69, 9.17) is 13.8 Å². The van der Waals surface area contributed by atoms with Crippen LogP contribution in [-0.4, -0.2) is 58.9 Å². The molecule has 36 heavy (non-hydrogen) atoms. The van der Waals surface area contributed by atoms with Crippen molar-refractivity contribution in [2.75, 3.05) is 43.0 Å². The quantitative estimate of drug-likeness (QED) is 0.376. The lowest BCUT2D eigenvalue weighted by Gasteiger charge is -2.37. The van der Waals surface area contributed by atoms with E-state index in [2.05, 4.69) is 20.6 Å². The highest BCUT2D eigenvalue weighted by Gasteiger charge is 2.26. The molecule has 3 aromatic heterocycles. The van der Waals surface area contributed by atoms with Crippen LogP contribution in [0.5, 0.6) is 0 Å². The van der Waals surface area contributed by atoms with Crippen molar-refractivity contribution in [3.05, 3.63) is 78.3 Å². The fourth-order valence-corrected chi connectivity index (χ4v) is 4.05. The molecule has 0 atom stereocenters. The smallest absolute Gasteiger partial charge is 0.248 e. The van der Waals surface area contributed by atoms with Crippen molar-refractivity contribution in [1.82, 2.24) is 20.2 Å². The fraction of sp³-hybridized carbons (Fsp3) is 0.280. The van der Waals surface area contributed by atoms with Crippen LogP contribution in [0.3, 0.4) is 0 Å². The number of carbonyl (C=O) groups is 1. The minimum absolute atomic E-state index is 0.0222. The molecular weight excluding hydrogens is 467 g/mol. The molecular formula is C25H25FN6O4. The van der Waals surface area contributed by atoms with Crippen molar-refractivity contribution >= 4 is 17.4 Å². The molecule has 11 heteroatoms.